The molecule has 1 unspecified atom stereocenters. The molecule has 7 nitrogen and oxygen atoms in total. The summed E-state index contributed by atoms with van der Waals surface area (Å²) in [6, 6.07) is 12.7. The lowest BCUT2D eigenvalue weighted by molar-refractivity contribution is 0.0934. The van der Waals surface area contributed by atoms with Crippen molar-refractivity contribution >= 4 is 17.5 Å². The van der Waals surface area contributed by atoms with Gasteiger partial charge in [0.2, 0.25) is 0 Å². The van der Waals surface area contributed by atoms with Gasteiger partial charge in [0.05, 0.1) is 30.6 Å². The van der Waals surface area contributed by atoms with Crippen LogP contribution in [0.3, 0.4) is 0 Å². The number of nitrogens with zero attached hydrogens (tertiary/aromatic N) is 3. The van der Waals surface area contributed by atoms with Crippen molar-refractivity contribution in [3.63, 3.8) is 0 Å². The lowest BCUT2D eigenvalue weighted by Crippen LogP contribution is -2.27. The Hall–Kier alpha value is -3.06. The quantitative estimate of drug-likeness (QED) is 0.703. The van der Waals surface area contributed by atoms with E-state index in [1.165, 1.54) is 0 Å². The maximum absolute atomic E-state index is 12.8. The van der Waals surface area contributed by atoms with Crippen molar-refractivity contribution < 1.29 is 14.3 Å². The summed E-state index contributed by atoms with van der Waals surface area (Å²) < 4.78 is 13.0. The number of rotatable bonds is 4. The largest absolute Gasteiger partial charge is 0.490 e. The van der Waals surface area contributed by atoms with Crippen molar-refractivity contribution in [1.82, 2.24) is 20.3 Å². The number of aromatic nitrogens is 3. The Morgan fingerprint density at radius 3 is 2.76 bits per heavy atom. The normalized spacial score (nSPS) is 14.2. The fraction of sp³-hybridized carbons (Fsp3) is 0.286. The first kappa shape index (κ1) is 19.3. The minimum absolute atomic E-state index is 0.240. The molecule has 1 N–H and O–H groups in total. The summed E-state index contributed by atoms with van der Waals surface area (Å²) in [5.74, 6) is 1.13. The zero-order valence-electron chi connectivity index (χ0n) is 16.2. The number of halogens is 1. The number of hydrogen-bond donors (Lipinski definition) is 1. The van der Waals surface area contributed by atoms with Gasteiger partial charge in [-0.1, -0.05) is 28.9 Å². The zero-order chi connectivity index (χ0) is 20.4. The van der Waals surface area contributed by atoms with Crippen LogP contribution >= 0.6 is 11.6 Å². The lowest BCUT2D eigenvalue weighted by Gasteiger charge is -2.16. The van der Waals surface area contributed by atoms with E-state index in [2.05, 4.69) is 15.6 Å². The van der Waals surface area contributed by atoms with E-state index < -0.39 is 0 Å². The highest BCUT2D eigenvalue weighted by Crippen LogP contribution is 2.32. The van der Waals surface area contributed by atoms with Gasteiger partial charge in [-0.25, -0.2) is 4.68 Å². The average Bonchev–Trinajstić information content (AvgIpc) is 2.94. The number of ether oxygens (including phenoxy) is 2. The fourth-order valence-corrected chi connectivity index (χ4v) is 3.37. The van der Waals surface area contributed by atoms with Gasteiger partial charge in [-0.3, -0.25) is 4.79 Å². The molecule has 0 radical (unpaired) electrons. The SMILES string of the molecule is Cc1c(C(=O)NC(C)c2ccc3c(c2)OCCCO3)nnn1-c1cccc(Cl)c1. The van der Waals surface area contributed by atoms with Crippen LogP contribution in [0.4, 0.5) is 0 Å². The van der Waals surface area contributed by atoms with E-state index in [1.807, 2.05) is 37.3 Å². The highest BCUT2D eigenvalue weighted by atomic mass is 35.5. The molecule has 3 aromatic rings. The first-order valence-electron chi connectivity index (χ1n) is 9.41. The summed E-state index contributed by atoms with van der Waals surface area (Å²) in [5, 5.41) is 11.7. The maximum atomic E-state index is 12.8. The summed E-state index contributed by atoms with van der Waals surface area (Å²) >= 11 is 6.05. The summed E-state index contributed by atoms with van der Waals surface area (Å²) in [5.41, 5.74) is 2.57. The second-order valence-electron chi connectivity index (χ2n) is 6.87. The van der Waals surface area contributed by atoms with E-state index in [-0.39, 0.29) is 17.6 Å². The van der Waals surface area contributed by atoms with Crippen LogP contribution in [0, 0.1) is 6.92 Å². The molecule has 1 aliphatic rings. The molecule has 150 valence electrons. The maximum Gasteiger partial charge on any atom is 0.274 e. The van der Waals surface area contributed by atoms with Gasteiger partial charge in [0.25, 0.3) is 5.91 Å². The number of carbonyl (C=O) groups excluding carboxylic acids is 1. The molecule has 0 aliphatic carbocycles. The molecule has 1 aliphatic heterocycles. The van der Waals surface area contributed by atoms with Crippen LogP contribution in [0.2, 0.25) is 5.02 Å². The number of carbonyl (C=O) groups is 1. The first-order chi connectivity index (χ1) is 14.0. The molecule has 29 heavy (non-hydrogen) atoms. The molecule has 8 heteroatoms. The molecule has 2 heterocycles. The number of nitrogens with one attached hydrogen (secondary N) is 1. The van der Waals surface area contributed by atoms with Crippen LogP contribution in [0.5, 0.6) is 11.5 Å². The number of benzene rings is 2. The third-order valence-electron chi connectivity index (χ3n) is 4.78. The minimum Gasteiger partial charge on any atom is -0.490 e. The summed E-state index contributed by atoms with van der Waals surface area (Å²) in [6.07, 6.45) is 0.845. The van der Waals surface area contributed by atoms with Crippen molar-refractivity contribution in [2.24, 2.45) is 0 Å². The van der Waals surface area contributed by atoms with Gasteiger partial charge in [0, 0.05) is 11.4 Å². The standard InChI is InChI=1S/C21H21ClN4O3/c1-13(15-7-8-18-19(11-15)29-10-4-9-28-18)23-21(27)20-14(2)26(25-24-20)17-6-3-5-16(22)12-17/h3,5-8,11-13H,4,9-10H2,1-2H3,(H,23,27). The van der Waals surface area contributed by atoms with Gasteiger partial charge in [-0.2, -0.15) is 0 Å². The molecule has 1 atom stereocenters. The molecule has 2 aromatic carbocycles. The van der Waals surface area contributed by atoms with Gasteiger partial charge in [0.1, 0.15) is 0 Å². The van der Waals surface area contributed by atoms with Crippen LogP contribution in [-0.2, 0) is 0 Å². The lowest BCUT2D eigenvalue weighted by atomic mass is 10.1. The predicted molar refractivity (Wildman–Crippen MR) is 109 cm³/mol. The predicted octanol–water partition coefficient (Wildman–Crippen LogP) is 3.88. The summed E-state index contributed by atoms with van der Waals surface area (Å²) in [7, 11) is 0. The van der Waals surface area contributed by atoms with E-state index in [0.717, 1.165) is 23.4 Å². The highest BCUT2D eigenvalue weighted by molar-refractivity contribution is 6.30. The second kappa shape index (κ2) is 8.13. The monoisotopic (exact) mass is 412 g/mol. The van der Waals surface area contributed by atoms with Gasteiger partial charge < -0.3 is 14.8 Å². The molecular formula is C21H21ClN4O3. The molecule has 0 spiro atoms. The number of amides is 1. The van der Waals surface area contributed by atoms with Crippen molar-refractivity contribution in [3.05, 3.63) is 64.4 Å². The third kappa shape index (κ3) is 4.05. The number of fused-ring (bicyclic) bond motifs is 1. The number of hydrogen-bond acceptors (Lipinski definition) is 5. The Balaban J connectivity index is 1.52. The molecule has 1 amide bonds. The van der Waals surface area contributed by atoms with Crippen molar-refractivity contribution in [3.8, 4) is 17.2 Å². The Kier molecular flexibility index (Phi) is 5.40. The van der Waals surface area contributed by atoms with Crippen LogP contribution in [-0.4, -0.2) is 34.1 Å². The van der Waals surface area contributed by atoms with Gasteiger partial charge in [0.15, 0.2) is 17.2 Å². The Morgan fingerprint density at radius 1 is 1.17 bits per heavy atom. The second-order valence-corrected chi connectivity index (χ2v) is 7.30. The zero-order valence-corrected chi connectivity index (χ0v) is 16.9. The van der Waals surface area contributed by atoms with E-state index >= 15 is 0 Å². The van der Waals surface area contributed by atoms with Gasteiger partial charge in [-0.05, 0) is 49.7 Å². The van der Waals surface area contributed by atoms with Crippen molar-refractivity contribution in [2.45, 2.75) is 26.3 Å². The molecule has 0 bridgehead atoms. The molecular weight excluding hydrogens is 392 g/mol. The van der Waals surface area contributed by atoms with E-state index in [4.69, 9.17) is 21.1 Å². The molecule has 1 aromatic heterocycles. The Morgan fingerprint density at radius 2 is 1.97 bits per heavy atom. The molecule has 0 saturated carbocycles. The van der Waals surface area contributed by atoms with Gasteiger partial charge in [-0.15, -0.1) is 5.10 Å². The summed E-state index contributed by atoms with van der Waals surface area (Å²) in [4.78, 5) is 12.8. The molecule has 0 saturated heterocycles. The summed E-state index contributed by atoms with van der Waals surface area (Å²) in [6.45, 7) is 4.96. The fourth-order valence-electron chi connectivity index (χ4n) is 3.19. The van der Waals surface area contributed by atoms with E-state index in [0.29, 0.717) is 29.7 Å². The first-order valence-corrected chi connectivity index (χ1v) is 9.79. The smallest absolute Gasteiger partial charge is 0.274 e. The minimum atomic E-state index is -0.296. The molecule has 4 rings (SSSR count). The van der Waals surface area contributed by atoms with Crippen LogP contribution in [0.25, 0.3) is 5.69 Å². The van der Waals surface area contributed by atoms with Crippen molar-refractivity contribution in [2.75, 3.05) is 13.2 Å². The van der Waals surface area contributed by atoms with Crippen molar-refractivity contribution in [1.29, 1.82) is 0 Å². The Bertz CT molecular complexity index is 1050. The average molecular weight is 413 g/mol. The van der Waals surface area contributed by atoms with Crippen LogP contribution in [0.15, 0.2) is 42.5 Å². The topological polar surface area (TPSA) is 78.3 Å². The van der Waals surface area contributed by atoms with Crippen LogP contribution in [0.1, 0.15) is 41.1 Å². The molecule has 0 fully saturated rings. The Labute approximate surface area is 173 Å². The highest BCUT2D eigenvalue weighted by Gasteiger charge is 2.21. The van der Waals surface area contributed by atoms with Gasteiger partial charge >= 0.3 is 0 Å². The van der Waals surface area contributed by atoms with E-state index in [9.17, 15) is 4.79 Å². The van der Waals surface area contributed by atoms with E-state index in [1.54, 1.807) is 23.7 Å². The van der Waals surface area contributed by atoms with Crippen LogP contribution < -0.4 is 14.8 Å². The third-order valence-corrected chi connectivity index (χ3v) is 5.02.